The predicted octanol–water partition coefficient (Wildman–Crippen LogP) is 2.75. The quantitative estimate of drug-likeness (QED) is 0.888. The number of amides is 1. The highest BCUT2D eigenvalue weighted by molar-refractivity contribution is 7.18. The lowest BCUT2D eigenvalue weighted by atomic mass is 10.1. The molecule has 0 atom stereocenters. The van der Waals surface area contributed by atoms with Gasteiger partial charge in [-0.25, -0.2) is 4.98 Å². The van der Waals surface area contributed by atoms with E-state index in [-0.39, 0.29) is 11.4 Å². The molecule has 0 radical (unpaired) electrons. The van der Waals surface area contributed by atoms with Gasteiger partial charge in [-0.1, -0.05) is 12.1 Å². The lowest BCUT2D eigenvalue weighted by molar-refractivity contribution is -0.121. The SMILES string of the molecule is CC(C)(C)NC(=O)Cc1nc2ccccc2s1. The van der Waals surface area contributed by atoms with Gasteiger partial charge in [0.2, 0.25) is 5.91 Å². The summed E-state index contributed by atoms with van der Waals surface area (Å²) in [6.07, 6.45) is 0.358. The molecule has 0 saturated carbocycles. The summed E-state index contributed by atoms with van der Waals surface area (Å²) in [7, 11) is 0. The highest BCUT2D eigenvalue weighted by atomic mass is 32.1. The molecular formula is C13H16N2OS. The van der Waals surface area contributed by atoms with E-state index in [2.05, 4.69) is 10.3 Å². The third kappa shape index (κ3) is 3.27. The van der Waals surface area contributed by atoms with Crippen LogP contribution in [0.2, 0.25) is 0 Å². The van der Waals surface area contributed by atoms with Crippen LogP contribution in [0.1, 0.15) is 25.8 Å². The van der Waals surface area contributed by atoms with E-state index < -0.39 is 0 Å². The molecule has 2 aromatic rings. The molecule has 90 valence electrons. The Hall–Kier alpha value is -1.42. The highest BCUT2D eigenvalue weighted by Gasteiger charge is 2.15. The van der Waals surface area contributed by atoms with Crippen LogP contribution in [0.25, 0.3) is 10.2 Å². The molecule has 17 heavy (non-hydrogen) atoms. The van der Waals surface area contributed by atoms with Gasteiger partial charge in [0, 0.05) is 5.54 Å². The van der Waals surface area contributed by atoms with E-state index >= 15 is 0 Å². The van der Waals surface area contributed by atoms with Gasteiger partial charge in [0.15, 0.2) is 0 Å². The molecule has 1 amide bonds. The van der Waals surface area contributed by atoms with Crippen molar-refractivity contribution in [2.45, 2.75) is 32.7 Å². The fraction of sp³-hybridized carbons (Fsp3) is 0.385. The monoisotopic (exact) mass is 248 g/mol. The van der Waals surface area contributed by atoms with Gasteiger partial charge >= 0.3 is 0 Å². The van der Waals surface area contributed by atoms with Crippen molar-refractivity contribution < 1.29 is 4.79 Å². The number of benzene rings is 1. The van der Waals surface area contributed by atoms with Crippen LogP contribution in [-0.4, -0.2) is 16.4 Å². The average molecular weight is 248 g/mol. The number of para-hydroxylation sites is 1. The zero-order valence-corrected chi connectivity index (χ0v) is 11.1. The predicted molar refractivity (Wildman–Crippen MR) is 71.2 cm³/mol. The molecule has 4 heteroatoms. The number of fused-ring (bicyclic) bond motifs is 1. The van der Waals surface area contributed by atoms with Gasteiger partial charge in [-0.2, -0.15) is 0 Å². The van der Waals surface area contributed by atoms with Crippen molar-refractivity contribution in [2.24, 2.45) is 0 Å². The molecule has 0 aliphatic rings. The third-order valence-corrected chi connectivity index (χ3v) is 3.20. The molecule has 3 nitrogen and oxygen atoms in total. The van der Waals surface area contributed by atoms with Gasteiger partial charge in [-0.05, 0) is 32.9 Å². The molecule has 0 fully saturated rings. The van der Waals surface area contributed by atoms with Crippen molar-refractivity contribution in [1.82, 2.24) is 10.3 Å². The van der Waals surface area contributed by atoms with Gasteiger partial charge in [-0.3, -0.25) is 4.79 Å². The van der Waals surface area contributed by atoms with Crippen LogP contribution in [0, 0.1) is 0 Å². The zero-order valence-electron chi connectivity index (χ0n) is 10.3. The number of carbonyl (C=O) groups is 1. The Morgan fingerprint density at radius 1 is 1.35 bits per heavy atom. The maximum atomic E-state index is 11.8. The fourth-order valence-corrected chi connectivity index (χ4v) is 2.56. The Bertz CT molecular complexity index is 507. The Morgan fingerprint density at radius 2 is 2.06 bits per heavy atom. The number of nitrogens with one attached hydrogen (secondary N) is 1. The summed E-state index contributed by atoms with van der Waals surface area (Å²) in [6, 6.07) is 7.94. The number of rotatable bonds is 2. The number of thiazole rings is 1. The smallest absolute Gasteiger partial charge is 0.227 e. The molecule has 1 aromatic carbocycles. The van der Waals surface area contributed by atoms with E-state index in [1.807, 2.05) is 45.0 Å². The summed E-state index contributed by atoms with van der Waals surface area (Å²) in [5.74, 6) is 0.0246. The lowest BCUT2D eigenvalue weighted by Crippen LogP contribution is -2.41. The second kappa shape index (κ2) is 4.45. The third-order valence-electron chi connectivity index (χ3n) is 2.16. The normalized spacial score (nSPS) is 11.7. The van der Waals surface area contributed by atoms with Crippen LogP contribution >= 0.6 is 11.3 Å². The summed E-state index contributed by atoms with van der Waals surface area (Å²) >= 11 is 1.58. The van der Waals surface area contributed by atoms with Crippen LogP contribution in [0.4, 0.5) is 0 Å². The van der Waals surface area contributed by atoms with E-state index in [0.29, 0.717) is 6.42 Å². The molecule has 2 rings (SSSR count). The molecule has 0 aliphatic heterocycles. The van der Waals surface area contributed by atoms with Crippen molar-refractivity contribution in [3.05, 3.63) is 29.3 Å². The molecular weight excluding hydrogens is 232 g/mol. The number of hydrogen-bond acceptors (Lipinski definition) is 3. The average Bonchev–Trinajstić information content (AvgIpc) is 2.55. The van der Waals surface area contributed by atoms with Crippen LogP contribution in [0.5, 0.6) is 0 Å². The van der Waals surface area contributed by atoms with Gasteiger partial charge in [0.25, 0.3) is 0 Å². The van der Waals surface area contributed by atoms with Crippen LogP contribution in [0.3, 0.4) is 0 Å². The fourth-order valence-electron chi connectivity index (χ4n) is 1.60. The van der Waals surface area contributed by atoms with Crippen LogP contribution in [0.15, 0.2) is 24.3 Å². The minimum atomic E-state index is -0.187. The molecule has 0 aliphatic carbocycles. The number of hydrogen-bond donors (Lipinski definition) is 1. The van der Waals surface area contributed by atoms with Crippen LogP contribution < -0.4 is 5.32 Å². The van der Waals surface area contributed by atoms with Crippen molar-refractivity contribution in [3.8, 4) is 0 Å². The molecule has 0 spiro atoms. The number of aromatic nitrogens is 1. The highest BCUT2D eigenvalue weighted by Crippen LogP contribution is 2.21. The van der Waals surface area contributed by atoms with Crippen molar-refractivity contribution in [3.63, 3.8) is 0 Å². The van der Waals surface area contributed by atoms with E-state index in [0.717, 1.165) is 15.2 Å². The second-order valence-electron chi connectivity index (χ2n) is 5.05. The largest absolute Gasteiger partial charge is 0.351 e. The minimum Gasteiger partial charge on any atom is -0.351 e. The Labute approximate surface area is 105 Å². The topological polar surface area (TPSA) is 42.0 Å². The summed E-state index contributed by atoms with van der Waals surface area (Å²) in [5, 5.41) is 3.81. The maximum absolute atomic E-state index is 11.8. The molecule has 1 N–H and O–H groups in total. The van der Waals surface area contributed by atoms with E-state index in [1.165, 1.54) is 0 Å². The molecule has 0 bridgehead atoms. The van der Waals surface area contributed by atoms with Crippen molar-refractivity contribution >= 4 is 27.5 Å². The zero-order chi connectivity index (χ0) is 12.5. The molecule has 1 heterocycles. The summed E-state index contributed by atoms with van der Waals surface area (Å²) < 4.78 is 1.13. The van der Waals surface area contributed by atoms with Crippen molar-refractivity contribution in [2.75, 3.05) is 0 Å². The first kappa shape index (κ1) is 12.0. The summed E-state index contributed by atoms with van der Waals surface area (Å²) in [4.78, 5) is 16.2. The van der Waals surface area contributed by atoms with E-state index in [1.54, 1.807) is 11.3 Å². The van der Waals surface area contributed by atoms with Gasteiger partial charge in [0.05, 0.1) is 16.6 Å². The van der Waals surface area contributed by atoms with E-state index in [4.69, 9.17) is 0 Å². The van der Waals surface area contributed by atoms with E-state index in [9.17, 15) is 4.79 Å². The molecule has 0 saturated heterocycles. The summed E-state index contributed by atoms with van der Waals surface area (Å²) in [5.41, 5.74) is 0.782. The second-order valence-corrected chi connectivity index (χ2v) is 6.17. The summed E-state index contributed by atoms with van der Waals surface area (Å²) in [6.45, 7) is 5.93. The first-order chi connectivity index (χ1) is 7.94. The van der Waals surface area contributed by atoms with Crippen molar-refractivity contribution in [1.29, 1.82) is 0 Å². The van der Waals surface area contributed by atoms with Gasteiger partial charge in [-0.15, -0.1) is 11.3 Å². The number of carbonyl (C=O) groups excluding carboxylic acids is 1. The first-order valence-corrected chi connectivity index (χ1v) is 6.41. The Kier molecular flexibility index (Phi) is 3.15. The Morgan fingerprint density at radius 3 is 2.71 bits per heavy atom. The Balaban J connectivity index is 2.11. The maximum Gasteiger partial charge on any atom is 0.227 e. The molecule has 0 unspecified atom stereocenters. The van der Waals surface area contributed by atoms with Crippen LogP contribution in [-0.2, 0) is 11.2 Å². The number of nitrogens with zero attached hydrogens (tertiary/aromatic N) is 1. The molecule has 1 aromatic heterocycles. The van der Waals surface area contributed by atoms with Gasteiger partial charge in [0.1, 0.15) is 5.01 Å². The first-order valence-electron chi connectivity index (χ1n) is 5.59. The van der Waals surface area contributed by atoms with Gasteiger partial charge < -0.3 is 5.32 Å². The standard InChI is InChI=1S/C13H16N2OS/c1-13(2,3)15-11(16)8-12-14-9-6-4-5-7-10(9)17-12/h4-7H,8H2,1-3H3,(H,15,16). The minimum absolute atomic E-state index is 0.0246. The lowest BCUT2D eigenvalue weighted by Gasteiger charge is -2.19.